The molecule has 1 aliphatic rings. The number of ether oxygens (including phenoxy) is 1. The molecule has 5 nitrogen and oxygen atoms in total. The van der Waals surface area contributed by atoms with Gasteiger partial charge in [-0.15, -0.1) is 5.10 Å². The van der Waals surface area contributed by atoms with Crippen LogP contribution in [0.25, 0.3) is 0 Å². The molecule has 1 amide bonds. The van der Waals surface area contributed by atoms with Gasteiger partial charge in [-0.1, -0.05) is 4.49 Å². The maximum absolute atomic E-state index is 11.9. The molecule has 0 radical (unpaired) electrons. The summed E-state index contributed by atoms with van der Waals surface area (Å²) in [6, 6.07) is 0.156. The van der Waals surface area contributed by atoms with E-state index in [-0.39, 0.29) is 11.9 Å². The molecule has 1 aromatic rings. The zero-order valence-corrected chi connectivity index (χ0v) is 11.6. The summed E-state index contributed by atoms with van der Waals surface area (Å²) in [5, 5.41) is 6.82. The molecular weight excluding hydrogens is 250 g/mol. The van der Waals surface area contributed by atoms with E-state index in [4.69, 9.17) is 4.74 Å². The van der Waals surface area contributed by atoms with Gasteiger partial charge in [-0.3, -0.25) is 4.79 Å². The lowest BCUT2D eigenvalue weighted by molar-refractivity contribution is 0.0902. The van der Waals surface area contributed by atoms with Crippen LogP contribution in [0.15, 0.2) is 0 Å². The molecule has 0 spiro atoms. The van der Waals surface area contributed by atoms with E-state index in [0.29, 0.717) is 16.7 Å². The van der Waals surface area contributed by atoms with Gasteiger partial charge < -0.3 is 10.1 Å². The maximum Gasteiger partial charge on any atom is 0.265 e. The first-order valence-corrected chi connectivity index (χ1v) is 7.15. The number of hydrogen-bond donors (Lipinski definition) is 1. The molecule has 2 heterocycles. The number of carbonyl (C=O) groups excluding carboxylic acids is 1. The van der Waals surface area contributed by atoms with Crippen LogP contribution in [-0.4, -0.2) is 34.2 Å². The predicted molar refractivity (Wildman–Crippen MR) is 69.8 cm³/mol. The Bertz CT molecular complexity index is 402. The van der Waals surface area contributed by atoms with Crippen molar-refractivity contribution in [1.82, 2.24) is 14.9 Å². The van der Waals surface area contributed by atoms with Gasteiger partial charge in [0.25, 0.3) is 5.91 Å². The smallest absolute Gasteiger partial charge is 0.265 e. The molecule has 100 valence electrons. The van der Waals surface area contributed by atoms with Gasteiger partial charge in [0.2, 0.25) is 0 Å². The molecule has 1 aromatic heterocycles. The Morgan fingerprint density at radius 3 is 3.11 bits per heavy atom. The molecule has 0 aromatic carbocycles. The van der Waals surface area contributed by atoms with E-state index in [2.05, 4.69) is 14.9 Å². The second-order valence-corrected chi connectivity index (χ2v) is 5.53. The van der Waals surface area contributed by atoms with Crippen molar-refractivity contribution in [2.24, 2.45) is 0 Å². The number of amides is 1. The van der Waals surface area contributed by atoms with E-state index in [1.165, 1.54) is 0 Å². The molecule has 0 saturated carbocycles. The summed E-state index contributed by atoms with van der Waals surface area (Å²) in [4.78, 5) is 12.5. The third kappa shape index (κ3) is 3.49. The van der Waals surface area contributed by atoms with E-state index in [0.717, 1.165) is 43.8 Å². The zero-order valence-electron chi connectivity index (χ0n) is 10.8. The highest BCUT2D eigenvalue weighted by molar-refractivity contribution is 7.07. The standard InChI is InChI=1S/C12H19N3O2S/c1-8(5-6-10-4-3-7-17-10)13-12(16)11-9(2)14-15-18-11/h8,10H,3-7H2,1-2H3,(H,13,16). The molecule has 18 heavy (non-hydrogen) atoms. The molecule has 2 unspecified atom stereocenters. The van der Waals surface area contributed by atoms with Crippen molar-refractivity contribution in [3.63, 3.8) is 0 Å². The van der Waals surface area contributed by atoms with Crippen LogP contribution in [0.5, 0.6) is 0 Å². The number of aromatic nitrogens is 2. The number of carbonyl (C=O) groups is 1. The minimum Gasteiger partial charge on any atom is -0.378 e. The van der Waals surface area contributed by atoms with Gasteiger partial charge in [-0.05, 0) is 51.1 Å². The third-order valence-electron chi connectivity index (χ3n) is 3.18. The number of nitrogens with one attached hydrogen (secondary N) is 1. The average molecular weight is 269 g/mol. The van der Waals surface area contributed by atoms with E-state index in [1.807, 2.05) is 6.92 Å². The molecule has 1 saturated heterocycles. The lowest BCUT2D eigenvalue weighted by atomic mass is 10.1. The van der Waals surface area contributed by atoms with Gasteiger partial charge in [0.05, 0.1) is 11.8 Å². The Morgan fingerprint density at radius 1 is 1.67 bits per heavy atom. The molecule has 2 atom stereocenters. The Labute approximate surface area is 111 Å². The molecule has 1 aliphatic heterocycles. The van der Waals surface area contributed by atoms with E-state index in [1.54, 1.807) is 6.92 Å². The quantitative estimate of drug-likeness (QED) is 0.887. The van der Waals surface area contributed by atoms with Crippen molar-refractivity contribution >= 4 is 17.4 Å². The topological polar surface area (TPSA) is 64.1 Å². The van der Waals surface area contributed by atoms with Crippen LogP contribution in [-0.2, 0) is 4.74 Å². The van der Waals surface area contributed by atoms with Crippen LogP contribution in [0.2, 0.25) is 0 Å². The van der Waals surface area contributed by atoms with Gasteiger partial charge in [-0.2, -0.15) is 0 Å². The molecule has 0 aliphatic carbocycles. The molecule has 2 rings (SSSR count). The highest BCUT2D eigenvalue weighted by atomic mass is 32.1. The summed E-state index contributed by atoms with van der Waals surface area (Å²) in [5.74, 6) is -0.0673. The highest BCUT2D eigenvalue weighted by Gasteiger charge is 2.19. The second kappa shape index (κ2) is 6.24. The van der Waals surface area contributed by atoms with Crippen LogP contribution in [0.4, 0.5) is 0 Å². The Kier molecular flexibility index (Phi) is 4.66. The Hall–Kier alpha value is -1.01. The summed E-state index contributed by atoms with van der Waals surface area (Å²) in [7, 11) is 0. The predicted octanol–water partition coefficient (Wildman–Crippen LogP) is 1.92. The fourth-order valence-electron chi connectivity index (χ4n) is 2.11. The molecule has 1 fully saturated rings. The van der Waals surface area contributed by atoms with Crippen molar-refractivity contribution in [1.29, 1.82) is 0 Å². The van der Waals surface area contributed by atoms with Crippen molar-refractivity contribution in [2.45, 2.75) is 51.7 Å². The van der Waals surface area contributed by atoms with Crippen LogP contribution in [0, 0.1) is 6.92 Å². The van der Waals surface area contributed by atoms with E-state index < -0.39 is 0 Å². The van der Waals surface area contributed by atoms with Crippen LogP contribution >= 0.6 is 11.5 Å². The summed E-state index contributed by atoms with van der Waals surface area (Å²) in [5.41, 5.74) is 0.698. The monoisotopic (exact) mass is 269 g/mol. The number of nitrogens with zero attached hydrogens (tertiary/aromatic N) is 2. The van der Waals surface area contributed by atoms with Gasteiger partial charge >= 0.3 is 0 Å². The molecular formula is C12H19N3O2S. The second-order valence-electron chi connectivity index (χ2n) is 4.77. The minimum atomic E-state index is -0.0673. The summed E-state index contributed by atoms with van der Waals surface area (Å²) >= 11 is 1.15. The Morgan fingerprint density at radius 2 is 2.50 bits per heavy atom. The average Bonchev–Trinajstić information content (AvgIpc) is 2.97. The molecule has 1 N–H and O–H groups in total. The van der Waals surface area contributed by atoms with Gasteiger partial charge in [0, 0.05) is 12.6 Å². The first-order valence-electron chi connectivity index (χ1n) is 6.38. The lowest BCUT2D eigenvalue weighted by Crippen LogP contribution is -2.33. The highest BCUT2D eigenvalue weighted by Crippen LogP contribution is 2.18. The lowest BCUT2D eigenvalue weighted by Gasteiger charge is -2.15. The van der Waals surface area contributed by atoms with Crippen molar-refractivity contribution in [3.8, 4) is 0 Å². The minimum absolute atomic E-state index is 0.0673. The Balaban J connectivity index is 1.75. The summed E-state index contributed by atoms with van der Waals surface area (Å²) in [6.45, 7) is 4.71. The van der Waals surface area contributed by atoms with Crippen molar-refractivity contribution < 1.29 is 9.53 Å². The third-order valence-corrected chi connectivity index (χ3v) is 4.01. The van der Waals surface area contributed by atoms with E-state index in [9.17, 15) is 4.79 Å². The number of rotatable bonds is 5. The first-order chi connectivity index (χ1) is 8.66. The van der Waals surface area contributed by atoms with Crippen LogP contribution < -0.4 is 5.32 Å². The fourth-order valence-corrected chi connectivity index (χ4v) is 2.67. The van der Waals surface area contributed by atoms with Crippen LogP contribution in [0.1, 0.15) is 48.0 Å². The summed E-state index contributed by atoms with van der Waals surface area (Å²) < 4.78 is 9.34. The summed E-state index contributed by atoms with van der Waals surface area (Å²) in [6.07, 6.45) is 4.66. The first kappa shape index (κ1) is 13.4. The van der Waals surface area contributed by atoms with Gasteiger partial charge in [0.15, 0.2) is 0 Å². The van der Waals surface area contributed by atoms with Gasteiger partial charge in [-0.25, -0.2) is 0 Å². The number of hydrogen-bond acceptors (Lipinski definition) is 5. The zero-order chi connectivity index (χ0) is 13.0. The molecule has 6 heteroatoms. The van der Waals surface area contributed by atoms with Crippen LogP contribution in [0.3, 0.4) is 0 Å². The molecule has 0 bridgehead atoms. The normalized spacial score (nSPS) is 20.9. The van der Waals surface area contributed by atoms with Crippen molar-refractivity contribution in [2.75, 3.05) is 6.61 Å². The van der Waals surface area contributed by atoms with E-state index >= 15 is 0 Å². The van der Waals surface area contributed by atoms with Crippen molar-refractivity contribution in [3.05, 3.63) is 10.6 Å². The van der Waals surface area contributed by atoms with Gasteiger partial charge in [0.1, 0.15) is 4.88 Å². The fraction of sp³-hybridized carbons (Fsp3) is 0.750. The largest absolute Gasteiger partial charge is 0.378 e. The number of aryl methyl sites for hydroxylation is 1. The maximum atomic E-state index is 11.9. The SMILES string of the molecule is Cc1nnsc1C(=O)NC(C)CCC1CCCO1.